The Balaban J connectivity index is 0.000000172. The average Bonchev–Trinajstić information content (AvgIpc) is 3.17. The normalized spacial score (nSPS) is 10.7. The van der Waals surface area contributed by atoms with Crippen LogP contribution >= 0.6 is 0 Å². The predicted molar refractivity (Wildman–Crippen MR) is 198 cm³/mol. The molecule has 4 aromatic carbocycles. The molecule has 0 bridgehead atoms. The second-order valence-electron chi connectivity index (χ2n) is 11.2. The SMILES string of the molecule is Cn1c([S-])nc2nc(-c3ccccc3)c(-c3ccccc3)nc2c1=O.Cn1c([S-])nc2nc(-c3ccccc3)c(-c3ccccc3)nc2c1=O.[Cu+2]. The van der Waals surface area contributed by atoms with Gasteiger partial charge in [-0.2, -0.15) is 0 Å². The molecule has 0 aliphatic rings. The molecule has 0 aliphatic carbocycles. The van der Waals surface area contributed by atoms with Gasteiger partial charge in [0.2, 0.25) is 0 Å². The first-order chi connectivity index (χ1) is 24.3. The van der Waals surface area contributed by atoms with Gasteiger partial charge in [0.25, 0.3) is 11.1 Å². The van der Waals surface area contributed by atoms with E-state index in [4.69, 9.17) is 25.3 Å². The number of rotatable bonds is 4. The van der Waals surface area contributed by atoms with Gasteiger partial charge in [0.05, 0.1) is 22.8 Å². The zero-order valence-corrected chi connectivity index (χ0v) is 29.6. The number of fused-ring (bicyclic) bond motifs is 2. The van der Waals surface area contributed by atoms with E-state index in [0.29, 0.717) is 22.8 Å². The third-order valence-electron chi connectivity index (χ3n) is 7.94. The van der Waals surface area contributed by atoms with Crippen molar-refractivity contribution in [3.63, 3.8) is 0 Å². The van der Waals surface area contributed by atoms with Gasteiger partial charge in [0.15, 0.2) is 22.3 Å². The molecule has 4 aromatic heterocycles. The maximum Gasteiger partial charge on any atom is 2.00 e. The summed E-state index contributed by atoms with van der Waals surface area (Å²) in [6, 6.07) is 38.8. The van der Waals surface area contributed by atoms with Crippen LogP contribution in [-0.2, 0) is 56.4 Å². The van der Waals surface area contributed by atoms with Crippen molar-refractivity contribution in [1.82, 2.24) is 39.0 Å². The first-order valence-electron chi connectivity index (χ1n) is 15.4. The Morgan fingerprint density at radius 3 is 0.941 bits per heavy atom. The topological polar surface area (TPSA) is 121 Å². The second-order valence-corrected chi connectivity index (χ2v) is 11.9. The Morgan fingerprint density at radius 1 is 0.412 bits per heavy atom. The molecule has 0 fully saturated rings. The van der Waals surface area contributed by atoms with Gasteiger partial charge in [-0.15, -0.1) is 0 Å². The molecule has 0 spiro atoms. The Kier molecular flexibility index (Phi) is 10.4. The quantitative estimate of drug-likeness (QED) is 0.122. The van der Waals surface area contributed by atoms with Gasteiger partial charge in [0, 0.05) is 36.3 Å². The maximum absolute atomic E-state index is 12.5. The van der Waals surface area contributed by atoms with Gasteiger partial charge in [-0.3, -0.25) is 9.59 Å². The van der Waals surface area contributed by atoms with Crippen molar-refractivity contribution in [1.29, 1.82) is 0 Å². The van der Waals surface area contributed by atoms with Crippen LogP contribution in [0.4, 0.5) is 0 Å². The average molecular weight is 754 g/mol. The maximum atomic E-state index is 12.5. The predicted octanol–water partition coefficient (Wildman–Crippen LogP) is 5.92. The molecular formula is C38H26CuN8O2S2. The zero-order valence-electron chi connectivity index (χ0n) is 27.1. The van der Waals surface area contributed by atoms with Crippen LogP contribution in [0.3, 0.4) is 0 Å². The molecule has 8 rings (SSSR count). The number of aromatic nitrogens is 8. The van der Waals surface area contributed by atoms with E-state index in [1.165, 1.54) is 9.13 Å². The van der Waals surface area contributed by atoms with E-state index in [2.05, 4.69) is 29.9 Å². The fourth-order valence-electron chi connectivity index (χ4n) is 5.31. The van der Waals surface area contributed by atoms with Gasteiger partial charge in [-0.1, -0.05) is 121 Å². The molecule has 0 amide bonds. The summed E-state index contributed by atoms with van der Waals surface area (Å²) in [4.78, 5) is 52.1. The number of benzene rings is 4. The molecule has 8 aromatic rings. The van der Waals surface area contributed by atoms with Gasteiger partial charge >= 0.3 is 17.1 Å². The number of hydrogen-bond acceptors (Lipinski definition) is 10. The van der Waals surface area contributed by atoms with Crippen molar-refractivity contribution in [2.24, 2.45) is 14.1 Å². The van der Waals surface area contributed by atoms with Crippen LogP contribution in [0, 0.1) is 0 Å². The summed E-state index contributed by atoms with van der Waals surface area (Å²) in [7, 11) is 3.18. The Hall–Kier alpha value is -5.72. The van der Waals surface area contributed by atoms with Crippen molar-refractivity contribution in [3.05, 3.63) is 142 Å². The molecule has 0 N–H and O–H groups in total. The third kappa shape index (κ3) is 7.01. The monoisotopic (exact) mass is 753 g/mol. The van der Waals surface area contributed by atoms with Crippen molar-refractivity contribution in [2.75, 3.05) is 0 Å². The molecular weight excluding hydrogens is 728 g/mol. The van der Waals surface area contributed by atoms with Crippen molar-refractivity contribution in [2.45, 2.75) is 10.3 Å². The molecule has 0 saturated heterocycles. The van der Waals surface area contributed by atoms with E-state index in [0.717, 1.165) is 22.3 Å². The van der Waals surface area contributed by atoms with Gasteiger partial charge in [-0.25, -0.2) is 29.9 Å². The number of hydrogen-bond donors (Lipinski definition) is 0. The second kappa shape index (κ2) is 15.0. The van der Waals surface area contributed by atoms with Crippen LogP contribution in [-0.4, -0.2) is 39.0 Å². The molecule has 0 saturated carbocycles. The summed E-state index contributed by atoms with van der Waals surface area (Å²) in [5.74, 6) is 0. The fraction of sp³-hybridized carbons (Fsp3) is 0.0526. The van der Waals surface area contributed by atoms with E-state index < -0.39 is 0 Å². The molecule has 0 atom stereocenters. The molecule has 1 radical (unpaired) electrons. The minimum Gasteiger partial charge on any atom is -0.742 e. The molecule has 253 valence electrons. The van der Waals surface area contributed by atoms with Crippen molar-refractivity contribution in [3.8, 4) is 45.0 Å². The van der Waals surface area contributed by atoms with Gasteiger partial charge in [-0.05, 0) is 10.3 Å². The number of nitrogens with zero attached hydrogens (tertiary/aromatic N) is 8. The summed E-state index contributed by atoms with van der Waals surface area (Å²) < 4.78 is 2.62. The zero-order chi connectivity index (χ0) is 34.8. The van der Waals surface area contributed by atoms with Crippen molar-refractivity contribution >= 4 is 47.6 Å². The van der Waals surface area contributed by atoms with E-state index >= 15 is 0 Å². The summed E-state index contributed by atoms with van der Waals surface area (Å²) in [5.41, 5.74) is 6.63. The summed E-state index contributed by atoms with van der Waals surface area (Å²) in [5, 5.41) is 0.386. The first kappa shape index (κ1) is 35.1. The molecule has 0 aliphatic heterocycles. The standard InChI is InChI=1S/2C19H14N4OS.Cu/c2*1-23-18(24)16-17(22-19(23)25)21-15(13-10-6-3-7-11-13)14(20-16)12-8-4-2-5-9-12;/h2*2-11H,1H3,(H,21,22,25);/q;;+2/p-2. The van der Waals surface area contributed by atoms with Crippen LogP contribution in [0.2, 0.25) is 0 Å². The third-order valence-corrected chi connectivity index (χ3v) is 8.67. The molecule has 51 heavy (non-hydrogen) atoms. The van der Waals surface area contributed by atoms with Crippen molar-refractivity contribution < 1.29 is 17.1 Å². The smallest absolute Gasteiger partial charge is 0.742 e. The summed E-state index contributed by atoms with van der Waals surface area (Å²) in [6.07, 6.45) is 0. The van der Waals surface area contributed by atoms with Crippen LogP contribution in [0.25, 0.3) is 67.4 Å². The van der Waals surface area contributed by atoms with Gasteiger partial charge < -0.3 is 34.4 Å². The van der Waals surface area contributed by atoms with Crippen LogP contribution in [0.15, 0.2) is 141 Å². The minimum absolute atomic E-state index is 0. The summed E-state index contributed by atoms with van der Waals surface area (Å²) >= 11 is 10.3. The fourth-order valence-corrected chi connectivity index (χ4v) is 5.65. The van der Waals surface area contributed by atoms with Crippen LogP contribution in [0.5, 0.6) is 0 Å². The van der Waals surface area contributed by atoms with Crippen LogP contribution < -0.4 is 11.1 Å². The van der Waals surface area contributed by atoms with Crippen LogP contribution in [0.1, 0.15) is 0 Å². The molecule has 10 nitrogen and oxygen atoms in total. The minimum atomic E-state index is -0.292. The van der Waals surface area contributed by atoms with E-state index in [-0.39, 0.29) is 60.8 Å². The largest absolute Gasteiger partial charge is 2.00 e. The van der Waals surface area contributed by atoms with E-state index in [9.17, 15) is 9.59 Å². The Bertz CT molecular complexity index is 2440. The molecule has 4 heterocycles. The Labute approximate surface area is 313 Å². The Morgan fingerprint density at radius 2 is 0.667 bits per heavy atom. The molecule has 13 heteroatoms. The molecule has 0 unspecified atom stereocenters. The summed E-state index contributed by atoms with van der Waals surface area (Å²) in [6.45, 7) is 0. The van der Waals surface area contributed by atoms with Gasteiger partial charge in [0.1, 0.15) is 0 Å². The van der Waals surface area contributed by atoms with E-state index in [1.54, 1.807) is 14.1 Å². The first-order valence-corrected chi connectivity index (χ1v) is 16.2. The van der Waals surface area contributed by atoms with E-state index in [1.807, 2.05) is 121 Å².